The highest BCUT2D eigenvalue weighted by Gasteiger charge is 2.20. The zero-order valence-corrected chi connectivity index (χ0v) is 16.8. The van der Waals surface area contributed by atoms with Crippen molar-refractivity contribution >= 4 is 27.9 Å². The van der Waals surface area contributed by atoms with E-state index in [4.69, 9.17) is 4.74 Å². The molecule has 0 atom stereocenters. The molecule has 0 saturated heterocycles. The summed E-state index contributed by atoms with van der Waals surface area (Å²) in [7, 11) is -0.945. The maximum atomic E-state index is 12.1. The fraction of sp³-hybridized carbons (Fsp3) is 0.500. The number of carbonyl (C=O) groups excluding carboxylic acids is 3. The molecule has 0 spiro atoms. The predicted molar refractivity (Wildman–Crippen MR) is 101 cm³/mol. The number of carbonyl (C=O) groups is 3. The maximum absolute atomic E-state index is 12.1. The van der Waals surface area contributed by atoms with E-state index in [1.54, 1.807) is 0 Å². The number of urea groups is 1. The van der Waals surface area contributed by atoms with E-state index in [-0.39, 0.29) is 16.5 Å². The van der Waals surface area contributed by atoms with Crippen LogP contribution in [-0.2, 0) is 19.6 Å². The summed E-state index contributed by atoms with van der Waals surface area (Å²) in [5, 5.41) is 4.84. The third-order valence-electron chi connectivity index (χ3n) is 4.38. The topological polar surface area (TPSA) is 122 Å². The van der Waals surface area contributed by atoms with Crippen LogP contribution < -0.4 is 10.6 Å². The van der Waals surface area contributed by atoms with Crippen molar-refractivity contribution in [3.63, 3.8) is 0 Å². The number of esters is 1. The van der Waals surface area contributed by atoms with Crippen LogP contribution in [0.3, 0.4) is 0 Å². The first kappa shape index (κ1) is 21.8. The van der Waals surface area contributed by atoms with E-state index in [9.17, 15) is 22.8 Å². The van der Waals surface area contributed by atoms with Gasteiger partial charge in [-0.05, 0) is 31.0 Å². The molecule has 28 heavy (non-hydrogen) atoms. The van der Waals surface area contributed by atoms with Gasteiger partial charge in [0.25, 0.3) is 5.91 Å². The number of sulfonamides is 1. The fourth-order valence-electron chi connectivity index (χ4n) is 2.84. The highest BCUT2D eigenvalue weighted by Crippen LogP contribution is 2.17. The van der Waals surface area contributed by atoms with Crippen LogP contribution in [0.5, 0.6) is 0 Å². The molecule has 2 N–H and O–H groups in total. The Kier molecular flexibility index (Phi) is 7.53. The first-order valence-corrected chi connectivity index (χ1v) is 10.4. The zero-order valence-electron chi connectivity index (χ0n) is 15.9. The molecule has 0 aromatic heterocycles. The molecule has 0 unspecified atom stereocenters. The number of nitrogens with zero attached hydrogens (tertiary/aromatic N) is 1. The minimum Gasteiger partial charge on any atom is -0.452 e. The van der Waals surface area contributed by atoms with Gasteiger partial charge in [0.1, 0.15) is 0 Å². The Morgan fingerprint density at radius 2 is 1.82 bits per heavy atom. The van der Waals surface area contributed by atoms with Gasteiger partial charge in [0.15, 0.2) is 6.61 Å². The molecular formula is C18H25N3O6S. The van der Waals surface area contributed by atoms with E-state index < -0.39 is 34.5 Å². The Bertz CT molecular complexity index is 831. The number of nitrogens with one attached hydrogen (secondary N) is 2. The summed E-state index contributed by atoms with van der Waals surface area (Å²) in [5.41, 5.74) is -0.0117. The molecule has 0 heterocycles. The SMILES string of the molecule is CN(C)S(=O)(=O)c1cccc(C(=O)OCC(=O)NC(=O)NC2CCCCC2)c1. The molecule has 9 nitrogen and oxygen atoms in total. The third kappa shape index (κ3) is 6.03. The molecule has 10 heteroatoms. The van der Waals surface area contributed by atoms with Crippen molar-refractivity contribution in [1.82, 2.24) is 14.9 Å². The van der Waals surface area contributed by atoms with Crippen LogP contribution in [0.15, 0.2) is 29.2 Å². The van der Waals surface area contributed by atoms with Crippen molar-refractivity contribution < 1.29 is 27.5 Å². The second kappa shape index (κ2) is 9.65. The van der Waals surface area contributed by atoms with E-state index in [0.717, 1.165) is 36.4 Å². The lowest BCUT2D eigenvalue weighted by atomic mass is 9.96. The van der Waals surface area contributed by atoms with Gasteiger partial charge in [0, 0.05) is 20.1 Å². The van der Waals surface area contributed by atoms with Crippen LogP contribution in [0.25, 0.3) is 0 Å². The van der Waals surface area contributed by atoms with Crippen LogP contribution in [0.1, 0.15) is 42.5 Å². The van der Waals surface area contributed by atoms with Crippen LogP contribution in [0.4, 0.5) is 4.79 Å². The average molecular weight is 411 g/mol. The average Bonchev–Trinajstić information content (AvgIpc) is 2.66. The van der Waals surface area contributed by atoms with Crippen LogP contribution in [-0.4, -0.2) is 57.4 Å². The van der Waals surface area contributed by atoms with Gasteiger partial charge in [-0.15, -0.1) is 0 Å². The monoisotopic (exact) mass is 411 g/mol. The molecule has 1 saturated carbocycles. The van der Waals surface area contributed by atoms with Crippen molar-refractivity contribution in [3.8, 4) is 0 Å². The summed E-state index contributed by atoms with van der Waals surface area (Å²) in [4.78, 5) is 35.6. The minimum atomic E-state index is -3.70. The Labute approximate surface area is 164 Å². The van der Waals surface area contributed by atoms with Gasteiger partial charge in [-0.3, -0.25) is 10.1 Å². The summed E-state index contributed by atoms with van der Waals surface area (Å²) in [6, 6.07) is 4.74. The summed E-state index contributed by atoms with van der Waals surface area (Å²) in [5.74, 6) is -1.63. The standard InChI is InChI=1S/C18H25N3O6S/c1-21(2)28(25,26)15-10-6-7-13(11-15)17(23)27-12-16(22)20-18(24)19-14-8-4-3-5-9-14/h6-7,10-11,14H,3-5,8-9,12H2,1-2H3,(H2,19,20,22,24). The Balaban J connectivity index is 1.86. The third-order valence-corrected chi connectivity index (χ3v) is 6.19. The van der Waals surface area contributed by atoms with Gasteiger partial charge in [-0.25, -0.2) is 22.3 Å². The summed E-state index contributed by atoms with van der Waals surface area (Å²) in [6.07, 6.45) is 4.98. The Morgan fingerprint density at radius 1 is 1.14 bits per heavy atom. The fourth-order valence-corrected chi connectivity index (χ4v) is 3.79. The number of imide groups is 1. The molecule has 1 aromatic carbocycles. The first-order valence-electron chi connectivity index (χ1n) is 9.00. The highest BCUT2D eigenvalue weighted by molar-refractivity contribution is 7.89. The van der Waals surface area contributed by atoms with Gasteiger partial charge in [0.05, 0.1) is 10.5 Å². The number of rotatable bonds is 6. The molecule has 2 rings (SSSR count). The van der Waals surface area contributed by atoms with Gasteiger partial charge in [0.2, 0.25) is 10.0 Å². The van der Waals surface area contributed by atoms with Crippen molar-refractivity contribution in [2.24, 2.45) is 0 Å². The van der Waals surface area contributed by atoms with Crippen molar-refractivity contribution in [1.29, 1.82) is 0 Å². The molecule has 1 aromatic rings. The normalized spacial score (nSPS) is 15.1. The largest absolute Gasteiger partial charge is 0.452 e. The molecule has 154 valence electrons. The van der Waals surface area contributed by atoms with E-state index in [2.05, 4.69) is 10.6 Å². The Hall–Kier alpha value is -2.46. The summed E-state index contributed by atoms with van der Waals surface area (Å²) < 4.78 is 30.1. The molecule has 1 fully saturated rings. The summed E-state index contributed by atoms with van der Waals surface area (Å²) >= 11 is 0. The lowest BCUT2D eigenvalue weighted by Crippen LogP contribution is -2.46. The number of benzene rings is 1. The molecule has 0 bridgehead atoms. The second-order valence-electron chi connectivity index (χ2n) is 6.75. The van der Waals surface area contributed by atoms with E-state index in [1.807, 2.05) is 0 Å². The number of amides is 3. The first-order chi connectivity index (χ1) is 13.2. The lowest BCUT2D eigenvalue weighted by Gasteiger charge is -2.22. The highest BCUT2D eigenvalue weighted by atomic mass is 32.2. The van der Waals surface area contributed by atoms with Gasteiger partial charge < -0.3 is 10.1 Å². The van der Waals surface area contributed by atoms with E-state index in [0.29, 0.717) is 0 Å². The van der Waals surface area contributed by atoms with Crippen molar-refractivity contribution in [2.45, 2.75) is 43.0 Å². The van der Waals surface area contributed by atoms with Gasteiger partial charge in [-0.1, -0.05) is 25.3 Å². The predicted octanol–water partition coefficient (Wildman–Crippen LogP) is 1.25. The number of ether oxygens (including phenoxy) is 1. The minimum absolute atomic E-state index is 0.0117. The van der Waals surface area contributed by atoms with Crippen molar-refractivity contribution in [2.75, 3.05) is 20.7 Å². The molecular weight excluding hydrogens is 386 g/mol. The number of hydrogen-bond donors (Lipinski definition) is 2. The quantitative estimate of drug-likeness (QED) is 0.680. The molecule has 3 amide bonds. The zero-order chi connectivity index (χ0) is 20.7. The molecule has 1 aliphatic carbocycles. The maximum Gasteiger partial charge on any atom is 0.338 e. The molecule has 0 aliphatic heterocycles. The van der Waals surface area contributed by atoms with Gasteiger partial charge >= 0.3 is 12.0 Å². The molecule has 0 radical (unpaired) electrons. The van der Waals surface area contributed by atoms with E-state index >= 15 is 0 Å². The van der Waals surface area contributed by atoms with Crippen LogP contribution in [0.2, 0.25) is 0 Å². The lowest BCUT2D eigenvalue weighted by molar-refractivity contribution is -0.123. The Morgan fingerprint density at radius 3 is 2.46 bits per heavy atom. The van der Waals surface area contributed by atoms with E-state index in [1.165, 1.54) is 38.4 Å². The number of hydrogen-bond acceptors (Lipinski definition) is 6. The van der Waals surface area contributed by atoms with Crippen molar-refractivity contribution in [3.05, 3.63) is 29.8 Å². The van der Waals surface area contributed by atoms with Crippen LogP contribution >= 0.6 is 0 Å². The van der Waals surface area contributed by atoms with Crippen LogP contribution in [0, 0.1) is 0 Å². The van der Waals surface area contributed by atoms with Gasteiger partial charge in [-0.2, -0.15) is 0 Å². The second-order valence-corrected chi connectivity index (χ2v) is 8.90. The smallest absolute Gasteiger partial charge is 0.338 e. The molecule has 1 aliphatic rings. The summed E-state index contributed by atoms with van der Waals surface area (Å²) in [6.45, 7) is -0.651.